The van der Waals surface area contributed by atoms with Gasteiger partial charge in [-0.25, -0.2) is 13.9 Å². The predicted octanol–water partition coefficient (Wildman–Crippen LogP) is 6.61. The van der Waals surface area contributed by atoms with E-state index >= 15 is 4.39 Å². The summed E-state index contributed by atoms with van der Waals surface area (Å²) < 4.78 is 25.0. The van der Waals surface area contributed by atoms with E-state index in [9.17, 15) is 9.90 Å². The molecule has 12 heteroatoms. The maximum atomic E-state index is 15.0. The molecule has 0 spiro atoms. The molecule has 0 radical (unpaired) electrons. The summed E-state index contributed by atoms with van der Waals surface area (Å²) in [7, 11) is 0. The van der Waals surface area contributed by atoms with Crippen molar-refractivity contribution < 1.29 is 19.0 Å². The third-order valence-corrected chi connectivity index (χ3v) is 9.16. The van der Waals surface area contributed by atoms with Gasteiger partial charge in [-0.2, -0.15) is 5.10 Å². The first-order chi connectivity index (χ1) is 23.2. The molecule has 2 aromatic carbocycles. The number of aliphatic hydroxyl groups excluding tert-OH is 1. The second-order valence-electron chi connectivity index (χ2n) is 13.6. The van der Waals surface area contributed by atoms with Gasteiger partial charge in [0.15, 0.2) is 5.65 Å². The van der Waals surface area contributed by atoms with Crippen molar-refractivity contribution in [3.05, 3.63) is 95.1 Å². The highest BCUT2D eigenvalue weighted by atomic mass is 19.1. The molecule has 1 aliphatic heterocycles. The number of aromatic nitrogens is 5. The van der Waals surface area contributed by atoms with Crippen LogP contribution < -0.4 is 20.3 Å². The summed E-state index contributed by atoms with van der Waals surface area (Å²) in [6.07, 6.45) is 6.64. The van der Waals surface area contributed by atoms with E-state index in [1.165, 1.54) is 29.3 Å². The highest BCUT2D eigenvalue weighted by Gasteiger charge is 2.30. The fourth-order valence-corrected chi connectivity index (χ4v) is 6.58. The number of hydrogen-bond donors (Lipinski definition) is 3. The van der Waals surface area contributed by atoms with Gasteiger partial charge >= 0.3 is 6.03 Å². The van der Waals surface area contributed by atoms with Crippen LogP contribution in [-0.2, 0) is 12.0 Å². The Labute approximate surface area is 278 Å². The number of nitrogens with one attached hydrogen (secondary N) is 2. The number of amides is 2. The van der Waals surface area contributed by atoms with E-state index in [1.807, 2.05) is 67.8 Å². The van der Waals surface area contributed by atoms with Crippen LogP contribution in [0.2, 0.25) is 0 Å². The number of piperidine rings is 1. The van der Waals surface area contributed by atoms with Crippen molar-refractivity contribution in [2.45, 2.75) is 77.0 Å². The molecule has 1 aliphatic carbocycles. The van der Waals surface area contributed by atoms with Crippen LogP contribution in [0.1, 0.15) is 87.4 Å². The molecular formula is C36H41FN8O3. The fraction of sp³-hybridized carbons (Fsp3) is 0.389. The van der Waals surface area contributed by atoms with E-state index in [-0.39, 0.29) is 29.9 Å². The minimum Gasteiger partial charge on any atom is -0.484 e. The Bertz CT molecular complexity index is 1940. The van der Waals surface area contributed by atoms with Crippen LogP contribution in [0.15, 0.2) is 66.9 Å². The topological polar surface area (TPSA) is 122 Å². The summed E-state index contributed by atoms with van der Waals surface area (Å²) in [5.41, 5.74) is 3.78. The van der Waals surface area contributed by atoms with Gasteiger partial charge in [-0.15, -0.1) is 10.2 Å². The lowest BCUT2D eigenvalue weighted by Gasteiger charge is -2.32. The van der Waals surface area contributed by atoms with Gasteiger partial charge in [-0.05, 0) is 73.1 Å². The van der Waals surface area contributed by atoms with E-state index in [0.717, 1.165) is 54.4 Å². The van der Waals surface area contributed by atoms with Crippen LogP contribution >= 0.6 is 0 Å². The highest BCUT2D eigenvalue weighted by molar-refractivity contribution is 5.89. The normalized spacial score (nSPS) is 18.1. The molecule has 0 saturated carbocycles. The van der Waals surface area contributed by atoms with Gasteiger partial charge < -0.3 is 20.1 Å². The molecule has 1 fully saturated rings. The molecular weight excluding hydrogens is 611 g/mol. The quantitative estimate of drug-likeness (QED) is 0.181. The lowest BCUT2D eigenvalue weighted by molar-refractivity contribution is 0.171. The van der Waals surface area contributed by atoms with E-state index in [0.29, 0.717) is 29.9 Å². The maximum Gasteiger partial charge on any atom is 0.320 e. The van der Waals surface area contributed by atoms with Crippen molar-refractivity contribution in [1.29, 1.82) is 0 Å². The monoisotopic (exact) mass is 652 g/mol. The summed E-state index contributed by atoms with van der Waals surface area (Å²) >= 11 is 0. The molecule has 11 nitrogen and oxygen atoms in total. The number of nitrogens with zero attached hydrogens (tertiary/aromatic N) is 6. The third-order valence-electron chi connectivity index (χ3n) is 9.16. The second kappa shape index (κ2) is 12.9. The Balaban J connectivity index is 1.10. The van der Waals surface area contributed by atoms with Crippen molar-refractivity contribution in [2.24, 2.45) is 0 Å². The minimum atomic E-state index is -0.516. The average Bonchev–Trinajstić information content (AvgIpc) is 3.71. The van der Waals surface area contributed by atoms with Crippen LogP contribution in [-0.4, -0.2) is 48.6 Å². The summed E-state index contributed by atoms with van der Waals surface area (Å²) in [5, 5.41) is 29.2. The third kappa shape index (κ3) is 6.32. The first-order valence-electron chi connectivity index (χ1n) is 16.6. The van der Waals surface area contributed by atoms with Gasteiger partial charge in [0.1, 0.15) is 29.2 Å². The Morgan fingerprint density at radius 3 is 2.56 bits per heavy atom. The van der Waals surface area contributed by atoms with Crippen molar-refractivity contribution in [3.63, 3.8) is 0 Å². The van der Waals surface area contributed by atoms with Gasteiger partial charge in [0.05, 0.1) is 24.5 Å². The van der Waals surface area contributed by atoms with Crippen molar-refractivity contribution in [3.8, 4) is 11.4 Å². The Kier molecular flexibility index (Phi) is 8.50. The zero-order chi connectivity index (χ0) is 33.4. The molecule has 2 amide bonds. The summed E-state index contributed by atoms with van der Waals surface area (Å²) in [6.45, 7) is 7.69. The number of halogens is 1. The first kappa shape index (κ1) is 31.6. The number of fused-ring (bicyclic) bond motifs is 2. The van der Waals surface area contributed by atoms with Gasteiger partial charge in [-0.1, -0.05) is 51.1 Å². The van der Waals surface area contributed by atoms with Crippen molar-refractivity contribution in [2.75, 3.05) is 23.3 Å². The summed E-state index contributed by atoms with van der Waals surface area (Å²) in [4.78, 5) is 15.8. The molecule has 48 heavy (non-hydrogen) atoms. The summed E-state index contributed by atoms with van der Waals surface area (Å²) in [5.74, 6) is 1.38. The lowest BCUT2D eigenvalue weighted by Crippen LogP contribution is -2.36. The van der Waals surface area contributed by atoms with Gasteiger partial charge in [0, 0.05) is 24.6 Å². The van der Waals surface area contributed by atoms with Gasteiger partial charge in [-0.3, -0.25) is 9.72 Å². The van der Waals surface area contributed by atoms with Crippen LogP contribution in [0.3, 0.4) is 0 Å². The van der Waals surface area contributed by atoms with Crippen molar-refractivity contribution in [1.82, 2.24) is 29.7 Å². The smallest absolute Gasteiger partial charge is 0.320 e. The van der Waals surface area contributed by atoms with Crippen LogP contribution in [0.5, 0.6) is 5.75 Å². The molecule has 0 bridgehead atoms. The molecule has 5 aromatic rings. The zero-order valence-corrected chi connectivity index (χ0v) is 27.5. The molecule has 3 aromatic heterocycles. The zero-order valence-electron chi connectivity index (χ0n) is 27.5. The fourth-order valence-electron chi connectivity index (χ4n) is 6.58. The number of aliphatic hydroxyl groups is 1. The molecule has 0 unspecified atom stereocenters. The Hall–Kier alpha value is -4.97. The highest BCUT2D eigenvalue weighted by Crippen LogP contribution is 2.39. The predicted molar refractivity (Wildman–Crippen MR) is 181 cm³/mol. The maximum absolute atomic E-state index is 15.0. The summed E-state index contributed by atoms with van der Waals surface area (Å²) in [6, 6.07) is 17.3. The number of urea groups is 1. The average molecular weight is 653 g/mol. The molecule has 250 valence electrons. The number of anilines is 2. The minimum absolute atomic E-state index is 0.142. The van der Waals surface area contributed by atoms with Crippen LogP contribution in [0.25, 0.3) is 11.3 Å². The number of benzene rings is 2. The molecule has 4 heterocycles. The van der Waals surface area contributed by atoms with E-state index in [4.69, 9.17) is 4.74 Å². The molecule has 7 rings (SSSR count). The first-order valence-corrected chi connectivity index (χ1v) is 16.6. The van der Waals surface area contributed by atoms with E-state index in [1.54, 1.807) is 6.07 Å². The largest absolute Gasteiger partial charge is 0.484 e. The van der Waals surface area contributed by atoms with E-state index in [2.05, 4.69) is 30.8 Å². The second-order valence-corrected chi connectivity index (χ2v) is 13.6. The number of hydrogen-bond acceptors (Lipinski definition) is 7. The number of carbonyl (C=O) groups excluding carboxylic acids is 1. The molecule has 1 saturated heterocycles. The van der Waals surface area contributed by atoms with Crippen molar-refractivity contribution >= 4 is 23.4 Å². The number of carbonyl (C=O) groups is 1. The molecule has 2 aliphatic rings. The van der Waals surface area contributed by atoms with Crippen LogP contribution in [0.4, 0.5) is 21.0 Å². The van der Waals surface area contributed by atoms with Crippen LogP contribution in [0, 0.1) is 5.82 Å². The SMILES string of the molecule is CC(C)(C)c1cc(NC(=O)N[C@H]2CC[C@@H](Oc3ccc4nnc(N5CCCCC5)n4c3)c3ccccc32)n(-c2cc(CO)ccc2F)n1. The standard InChI is InChI=1S/C36H41FN8O3/c1-36(2,3)31-20-33(45(42-31)29-19-23(22-46)11-13-27(29)37)39-34(47)38-28-14-15-30(26-10-6-5-9-25(26)28)48-24-12-16-32-40-41-35(44(32)21-24)43-17-7-4-8-18-43/h5-6,9-13,16,19-21,28,30,46H,4,7-8,14-15,17-18,22H2,1-3H3,(H2,38,39,47)/t28-,30+/m0/s1. The van der Waals surface area contributed by atoms with Gasteiger partial charge in [0.2, 0.25) is 5.95 Å². The lowest BCUT2D eigenvalue weighted by atomic mass is 9.85. The Morgan fingerprint density at radius 1 is 1.00 bits per heavy atom. The Morgan fingerprint density at radius 2 is 1.79 bits per heavy atom. The molecule has 3 N–H and O–H groups in total. The molecule has 2 atom stereocenters. The number of pyridine rings is 1. The van der Waals surface area contributed by atoms with Gasteiger partial charge in [0.25, 0.3) is 0 Å². The number of ether oxygens (including phenoxy) is 1. The van der Waals surface area contributed by atoms with E-state index < -0.39 is 11.8 Å². The number of rotatable bonds is 7.